The summed E-state index contributed by atoms with van der Waals surface area (Å²) >= 11 is 0. The molecule has 148 valence electrons. The lowest BCUT2D eigenvalue weighted by molar-refractivity contribution is -0.126. The standard InChI is InChI=1S/C20H32N2O3.ClH/c1-14(2)8-10-25-18-6-5-16(12-19(18)24-4)13-22-20(23)17-7-9-21-15(3)11-17;/h5-6,12,14-15,17,21H,7-11,13H2,1-4H3,(H,22,23);1H/t15-,17-;/m0./s1. The van der Waals surface area contributed by atoms with Crippen molar-refractivity contribution in [3.05, 3.63) is 23.8 Å². The minimum absolute atomic E-state index is 0. The van der Waals surface area contributed by atoms with E-state index < -0.39 is 0 Å². The van der Waals surface area contributed by atoms with Crippen LogP contribution in [0.1, 0.15) is 45.6 Å². The summed E-state index contributed by atoms with van der Waals surface area (Å²) < 4.78 is 11.2. The number of halogens is 1. The lowest BCUT2D eigenvalue weighted by atomic mass is 9.92. The zero-order chi connectivity index (χ0) is 18.2. The van der Waals surface area contributed by atoms with Crippen molar-refractivity contribution in [1.29, 1.82) is 0 Å². The van der Waals surface area contributed by atoms with Gasteiger partial charge in [-0.2, -0.15) is 0 Å². The van der Waals surface area contributed by atoms with E-state index in [9.17, 15) is 4.79 Å². The maximum Gasteiger partial charge on any atom is 0.223 e. The minimum atomic E-state index is 0. The zero-order valence-corrected chi connectivity index (χ0v) is 17.2. The molecule has 6 heteroatoms. The topological polar surface area (TPSA) is 59.6 Å². The molecule has 2 N–H and O–H groups in total. The molecule has 1 amide bonds. The molecule has 0 bridgehead atoms. The molecule has 1 fully saturated rings. The Bertz CT molecular complexity index is 566. The quantitative estimate of drug-likeness (QED) is 0.719. The second kappa shape index (κ2) is 11.3. The zero-order valence-electron chi connectivity index (χ0n) is 16.3. The van der Waals surface area contributed by atoms with E-state index >= 15 is 0 Å². The summed E-state index contributed by atoms with van der Waals surface area (Å²) in [6, 6.07) is 6.26. The third kappa shape index (κ3) is 7.04. The normalized spacial score (nSPS) is 19.6. The molecule has 0 unspecified atom stereocenters. The summed E-state index contributed by atoms with van der Waals surface area (Å²) in [4.78, 5) is 12.3. The molecule has 1 aromatic rings. The van der Waals surface area contributed by atoms with Gasteiger partial charge in [0.05, 0.1) is 13.7 Å². The van der Waals surface area contributed by atoms with E-state index in [0.717, 1.165) is 37.1 Å². The third-order valence-electron chi connectivity index (χ3n) is 4.64. The lowest BCUT2D eigenvalue weighted by Crippen LogP contribution is -2.42. The molecular formula is C20H33ClN2O3. The van der Waals surface area contributed by atoms with Crippen LogP contribution in [0.4, 0.5) is 0 Å². The van der Waals surface area contributed by atoms with Crippen molar-refractivity contribution in [2.24, 2.45) is 11.8 Å². The molecule has 2 rings (SSSR count). The van der Waals surface area contributed by atoms with Gasteiger partial charge in [0.25, 0.3) is 0 Å². The van der Waals surface area contributed by atoms with Gasteiger partial charge in [-0.1, -0.05) is 19.9 Å². The molecule has 0 aliphatic carbocycles. The number of benzene rings is 1. The molecular weight excluding hydrogens is 352 g/mol. The predicted molar refractivity (Wildman–Crippen MR) is 107 cm³/mol. The summed E-state index contributed by atoms with van der Waals surface area (Å²) in [6.07, 6.45) is 2.82. The Morgan fingerprint density at radius 2 is 2.12 bits per heavy atom. The van der Waals surface area contributed by atoms with E-state index in [2.05, 4.69) is 31.4 Å². The number of ether oxygens (including phenoxy) is 2. The highest BCUT2D eigenvalue weighted by Gasteiger charge is 2.24. The SMILES string of the molecule is COc1cc(CNC(=O)[C@H]2CCN[C@@H](C)C2)ccc1OCCC(C)C.Cl. The molecule has 26 heavy (non-hydrogen) atoms. The van der Waals surface area contributed by atoms with Gasteiger partial charge in [-0.25, -0.2) is 0 Å². The molecule has 1 aliphatic heterocycles. The van der Waals surface area contributed by atoms with Gasteiger partial charge in [-0.15, -0.1) is 12.4 Å². The second-order valence-corrected chi connectivity index (χ2v) is 7.31. The number of methoxy groups -OCH3 is 1. The maximum atomic E-state index is 12.3. The van der Waals surface area contributed by atoms with Gasteiger partial charge < -0.3 is 20.1 Å². The van der Waals surface area contributed by atoms with Gasteiger partial charge in [0.1, 0.15) is 0 Å². The van der Waals surface area contributed by atoms with Gasteiger partial charge in [0.2, 0.25) is 5.91 Å². The van der Waals surface area contributed by atoms with Crippen molar-refractivity contribution in [2.45, 2.75) is 52.6 Å². The molecule has 1 aliphatic rings. The second-order valence-electron chi connectivity index (χ2n) is 7.31. The minimum Gasteiger partial charge on any atom is -0.493 e. The highest BCUT2D eigenvalue weighted by molar-refractivity contribution is 5.85. The van der Waals surface area contributed by atoms with Crippen LogP contribution < -0.4 is 20.1 Å². The lowest BCUT2D eigenvalue weighted by Gasteiger charge is -2.27. The summed E-state index contributed by atoms with van der Waals surface area (Å²) in [6.45, 7) is 8.58. The first kappa shape index (κ1) is 22.6. The number of nitrogens with one attached hydrogen (secondary N) is 2. The monoisotopic (exact) mass is 384 g/mol. The van der Waals surface area contributed by atoms with Crippen LogP contribution in [0.2, 0.25) is 0 Å². The van der Waals surface area contributed by atoms with E-state index in [4.69, 9.17) is 9.47 Å². The van der Waals surface area contributed by atoms with E-state index in [1.54, 1.807) is 7.11 Å². The number of piperidine rings is 1. The van der Waals surface area contributed by atoms with Crippen LogP contribution in [0.3, 0.4) is 0 Å². The fourth-order valence-corrected chi connectivity index (χ4v) is 3.05. The number of carbonyl (C=O) groups excluding carboxylic acids is 1. The van der Waals surface area contributed by atoms with Gasteiger partial charge >= 0.3 is 0 Å². The first-order valence-corrected chi connectivity index (χ1v) is 9.30. The van der Waals surface area contributed by atoms with Crippen molar-refractivity contribution in [3.8, 4) is 11.5 Å². The predicted octanol–water partition coefficient (Wildman–Crippen LogP) is 3.55. The van der Waals surface area contributed by atoms with Crippen LogP contribution >= 0.6 is 12.4 Å². The van der Waals surface area contributed by atoms with E-state index in [0.29, 0.717) is 30.9 Å². The van der Waals surface area contributed by atoms with Crippen LogP contribution in [-0.2, 0) is 11.3 Å². The first-order valence-electron chi connectivity index (χ1n) is 9.30. The van der Waals surface area contributed by atoms with Crippen molar-refractivity contribution in [1.82, 2.24) is 10.6 Å². The Morgan fingerprint density at radius 1 is 1.35 bits per heavy atom. The average Bonchev–Trinajstić information content (AvgIpc) is 2.60. The Morgan fingerprint density at radius 3 is 2.77 bits per heavy atom. The van der Waals surface area contributed by atoms with Crippen molar-refractivity contribution >= 4 is 18.3 Å². The van der Waals surface area contributed by atoms with Crippen LogP contribution in [0, 0.1) is 11.8 Å². The third-order valence-corrected chi connectivity index (χ3v) is 4.64. The number of carbonyl (C=O) groups is 1. The summed E-state index contributed by atoms with van der Waals surface area (Å²) in [5.41, 5.74) is 1.02. The Labute approximate surface area is 163 Å². The highest BCUT2D eigenvalue weighted by Crippen LogP contribution is 2.28. The van der Waals surface area contributed by atoms with E-state index in [1.807, 2.05) is 18.2 Å². The summed E-state index contributed by atoms with van der Waals surface area (Å²) in [5, 5.41) is 6.43. The molecule has 1 heterocycles. The largest absolute Gasteiger partial charge is 0.493 e. The fraction of sp³-hybridized carbons (Fsp3) is 0.650. The van der Waals surface area contributed by atoms with E-state index in [1.165, 1.54) is 0 Å². The molecule has 2 atom stereocenters. The molecule has 0 aromatic heterocycles. The number of amides is 1. The number of hydrogen-bond acceptors (Lipinski definition) is 4. The van der Waals surface area contributed by atoms with Crippen LogP contribution in [0.15, 0.2) is 18.2 Å². The Kier molecular flexibility index (Phi) is 9.81. The van der Waals surface area contributed by atoms with Gasteiger partial charge in [-0.3, -0.25) is 4.79 Å². The van der Waals surface area contributed by atoms with Crippen LogP contribution in [-0.4, -0.2) is 32.2 Å². The molecule has 5 nitrogen and oxygen atoms in total. The van der Waals surface area contributed by atoms with Crippen molar-refractivity contribution in [3.63, 3.8) is 0 Å². The van der Waals surface area contributed by atoms with Gasteiger partial charge in [0.15, 0.2) is 11.5 Å². The fourth-order valence-electron chi connectivity index (χ4n) is 3.05. The molecule has 0 spiro atoms. The van der Waals surface area contributed by atoms with Gasteiger partial charge in [-0.05, 0) is 56.3 Å². The van der Waals surface area contributed by atoms with Crippen molar-refractivity contribution < 1.29 is 14.3 Å². The Balaban J connectivity index is 0.00000338. The Hall–Kier alpha value is -1.46. The number of hydrogen-bond donors (Lipinski definition) is 2. The average molecular weight is 385 g/mol. The van der Waals surface area contributed by atoms with Crippen LogP contribution in [0.5, 0.6) is 11.5 Å². The van der Waals surface area contributed by atoms with E-state index in [-0.39, 0.29) is 24.2 Å². The molecule has 1 aromatic carbocycles. The summed E-state index contributed by atoms with van der Waals surface area (Å²) in [7, 11) is 1.64. The summed E-state index contributed by atoms with van der Waals surface area (Å²) in [5.74, 6) is 2.33. The van der Waals surface area contributed by atoms with Crippen LogP contribution in [0.25, 0.3) is 0 Å². The maximum absolute atomic E-state index is 12.3. The smallest absolute Gasteiger partial charge is 0.223 e. The molecule has 1 saturated heterocycles. The molecule has 0 radical (unpaired) electrons. The van der Waals surface area contributed by atoms with Crippen molar-refractivity contribution in [2.75, 3.05) is 20.3 Å². The highest BCUT2D eigenvalue weighted by atomic mass is 35.5. The molecule has 0 saturated carbocycles. The first-order chi connectivity index (χ1) is 12.0. The van der Waals surface area contributed by atoms with Gasteiger partial charge in [0, 0.05) is 18.5 Å². The number of rotatable bonds is 8.